The summed E-state index contributed by atoms with van der Waals surface area (Å²) in [5.74, 6) is 1.43. The van der Waals surface area contributed by atoms with Gasteiger partial charge in [0.15, 0.2) is 0 Å². The van der Waals surface area contributed by atoms with Gasteiger partial charge >= 0.3 is 6.03 Å². The van der Waals surface area contributed by atoms with Crippen LogP contribution < -0.4 is 24.8 Å². The molecule has 1 atom stereocenters. The lowest BCUT2D eigenvalue weighted by atomic mass is 10.1. The molecule has 0 saturated heterocycles. The van der Waals surface area contributed by atoms with Gasteiger partial charge in [0.1, 0.15) is 17.2 Å². The van der Waals surface area contributed by atoms with Crippen LogP contribution in [0.2, 0.25) is 0 Å². The van der Waals surface area contributed by atoms with E-state index in [9.17, 15) is 14.9 Å². The van der Waals surface area contributed by atoms with Gasteiger partial charge in [-0.1, -0.05) is 0 Å². The maximum atomic E-state index is 12.4. The summed E-state index contributed by atoms with van der Waals surface area (Å²) in [4.78, 5) is 22.7. The topological polar surface area (TPSA) is 112 Å². The molecule has 0 unspecified atom stereocenters. The summed E-state index contributed by atoms with van der Waals surface area (Å²) in [6, 6.07) is 8.33. The predicted octanol–water partition coefficient (Wildman–Crippen LogP) is 3.50. The van der Waals surface area contributed by atoms with Gasteiger partial charge in [0.2, 0.25) is 0 Å². The molecule has 0 bridgehead atoms. The zero-order chi connectivity index (χ0) is 20.0. The van der Waals surface area contributed by atoms with Crippen molar-refractivity contribution >= 4 is 17.4 Å². The minimum absolute atomic E-state index is 0.132. The first-order valence-corrected chi connectivity index (χ1v) is 8.01. The highest BCUT2D eigenvalue weighted by Gasteiger charge is 2.17. The Hall–Kier alpha value is -3.49. The van der Waals surface area contributed by atoms with Crippen molar-refractivity contribution in [1.29, 1.82) is 0 Å². The summed E-state index contributed by atoms with van der Waals surface area (Å²) >= 11 is 0. The van der Waals surface area contributed by atoms with Gasteiger partial charge in [0.05, 0.1) is 44.0 Å². The molecule has 0 heterocycles. The third-order valence-electron chi connectivity index (χ3n) is 3.90. The number of urea groups is 1. The number of nitrogens with one attached hydrogen (secondary N) is 2. The van der Waals surface area contributed by atoms with E-state index in [1.165, 1.54) is 25.3 Å². The molecule has 0 spiro atoms. The highest BCUT2D eigenvalue weighted by atomic mass is 16.6. The van der Waals surface area contributed by atoms with Gasteiger partial charge in [-0.15, -0.1) is 0 Å². The molecule has 0 aromatic heterocycles. The lowest BCUT2D eigenvalue weighted by Crippen LogP contribution is -2.31. The second kappa shape index (κ2) is 8.75. The van der Waals surface area contributed by atoms with Gasteiger partial charge in [-0.3, -0.25) is 10.1 Å². The fourth-order valence-electron chi connectivity index (χ4n) is 2.51. The second-order valence-electron chi connectivity index (χ2n) is 5.57. The number of rotatable bonds is 7. The number of amides is 2. The number of nitro groups is 1. The number of hydrogen-bond donors (Lipinski definition) is 2. The van der Waals surface area contributed by atoms with Crippen molar-refractivity contribution in [1.82, 2.24) is 5.32 Å². The third-order valence-corrected chi connectivity index (χ3v) is 3.90. The summed E-state index contributed by atoms with van der Waals surface area (Å²) in [5.41, 5.74) is 0.917. The molecule has 2 aromatic rings. The van der Waals surface area contributed by atoms with Crippen LogP contribution in [0, 0.1) is 10.1 Å². The fraction of sp³-hybridized carbons (Fsp3) is 0.278. The first-order chi connectivity index (χ1) is 12.9. The first-order valence-electron chi connectivity index (χ1n) is 8.01. The molecule has 2 rings (SSSR count). The Morgan fingerprint density at radius 2 is 1.74 bits per heavy atom. The Morgan fingerprint density at radius 1 is 1.04 bits per heavy atom. The van der Waals surface area contributed by atoms with E-state index in [4.69, 9.17) is 14.2 Å². The van der Waals surface area contributed by atoms with Crippen LogP contribution in [0.3, 0.4) is 0 Å². The number of anilines is 1. The largest absolute Gasteiger partial charge is 0.497 e. The highest BCUT2D eigenvalue weighted by molar-refractivity contribution is 5.91. The van der Waals surface area contributed by atoms with Crippen LogP contribution in [0.5, 0.6) is 17.2 Å². The van der Waals surface area contributed by atoms with Crippen LogP contribution in [0.4, 0.5) is 16.2 Å². The van der Waals surface area contributed by atoms with Crippen LogP contribution in [-0.4, -0.2) is 32.3 Å². The SMILES string of the molecule is COc1ccc(OC)c([C@H](C)NC(=O)Nc2ccc([N+](=O)[O-])cc2OC)c1. The van der Waals surface area contributed by atoms with Crippen molar-refractivity contribution in [3.63, 3.8) is 0 Å². The van der Waals surface area contributed by atoms with E-state index >= 15 is 0 Å². The molecule has 9 nitrogen and oxygen atoms in total. The lowest BCUT2D eigenvalue weighted by molar-refractivity contribution is -0.384. The predicted molar refractivity (Wildman–Crippen MR) is 99.8 cm³/mol. The third kappa shape index (κ3) is 4.78. The molecule has 0 aliphatic rings. The fourth-order valence-corrected chi connectivity index (χ4v) is 2.51. The number of carbonyl (C=O) groups is 1. The molecule has 0 aliphatic heterocycles. The number of nitrogens with zero attached hydrogens (tertiary/aromatic N) is 1. The van der Waals surface area contributed by atoms with Gasteiger partial charge in [0.25, 0.3) is 5.69 Å². The van der Waals surface area contributed by atoms with Gasteiger partial charge in [-0.2, -0.15) is 0 Å². The van der Waals surface area contributed by atoms with E-state index in [0.717, 1.165) is 5.56 Å². The molecular weight excluding hydrogens is 354 g/mol. The van der Waals surface area contributed by atoms with Crippen LogP contribution in [-0.2, 0) is 0 Å². The number of nitro benzene ring substituents is 1. The molecule has 2 N–H and O–H groups in total. The van der Waals surface area contributed by atoms with E-state index < -0.39 is 11.0 Å². The second-order valence-corrected chi connectivity index (χ2v) is 5.57. The van der Waals surface area contributed by atoms with Gasteiger partial charge in [-0.25, -0.2) is 4.79 Å². The maximum Gasteiger partial charge on any atom is 0.319 e. The van der Waals surface area contributed by atoms with Crippen LogP contribution in [0.1, 0.15) is 18.5 Å². The quantitative estimate of drug-likeness (QED) is 0.566. The zero-order valence-corrected chi connectivity index (χ0v) is 15.4. The minimum atomic E-state index is -0.538. The molecule has 27 heavy (non-hydrogen) atoms. The average Bonchev–Trinajstić information content (AvgIpc) is 2.67. The monoisotopic (exact) mass is 375 g/mol. The number of benzene rings is 2. The zero-order valence-electron chi connectivity index (χ0n) is 15.4. The molecular formula is C18H21N3O6. The smallest absolute Gasteiger partial charge is 0.319 e. The number of methoxy groups -OCH3 is 3. The minimum Gasteiger partial charge on any atom is -0.497 e. The molecule has 0 saturated carbocycles. The van der Waals surface area contributed by atoms with E-state index in [2.05, 4.69) is 10.6 Å². The maximum absolute atomic E-state index is 12.4. The van der Waals surface area contributed by atoms with Crippen LogP contribution in [0.15, 0.2) is 36.4 Å². The van der Waals surface area contributed by atoms with Crippen LogP contribution >= 0.6 is 0 Å². The first kappa shape index (κ1) is 19.8. The number of ether oxygens (including phenoxy) is 3. The van der Waals surface area contributed by atoms with E-state index in [1.54, 1.807) is 39.3 Å². The number of hydrogen-bond acceptors (Lipinski definition) is 6. The molecule has 9 heteroatoms. The average molecular weight is 375 g/mol. The highest BCUT2D eigenvalue weighted by Crippen LogP contribution is 2.31. The van der Waals surface area contributed by atoms with Crippen molar-refractivity contribution in [3.8, 4) is 17.2 Å². The van der Waals surface area contributed by atoms with Crippen molar-refractivity contribution in [3.05, 3.63) is 52.1 Å². The molecule has 2 aromatic carbocycles. The van der Waals surface area contributed by atoms with Gasteiger partial charge in [-0.05, 0) is 31.2 Å². The summed E-state index contributed by atoms with van der Waals surface area (Å²) in [5, 5.41) is 16.3. The Bertz CT molecular complexity index is 840. The summed E-state index contributed by atoms with van der Waals surface area (Å²) < 4.78 is 15.6. The normalized spacial score (nSPS) is 11.3. The van der Waals surface area contributed by atoms with E-state index in [0.29, 0.717) is 17.2 Å². The molecule has 0 aliphatic carbocycles. The Morgan fingerprint density at radius 3 is 2.33 bits per heavy atom. The van der Waals surface area contributed by atoms with Gasteiger partial charge < -0.3 is 24.8 Å². The van der Waals surface area contributed by atoms with Crippen molar-refractivity contribution in [2.45, 2.75) is 13.0 Å². The Labute approximate surface area is 156 Å². The van der Waals surface area contributed by atoms with Gasteiger partial charge in [0, 0.05) is 11.6 Å². The standard InChI is InChI=1S/C18H21N3O6/c1-11(14-10-13(25-2)6-8-16(14)26-3)19-18(22)20-15-7-5-12(21(23)24)9-17(15)27-4/h5-11H,1-4H3,(H2,19,20,22)/t11-/m0/s1. The van der Waals surface area contributed by atoms with Crippen molar-refractivity contribution < 1.29 is 23.9 Å². The molecule has 2 amide bonds. The van der Waals surface area contributed by atoms with Crippen molar-refractivity contribution in [2.75, 3.05) is 26.6 Å². The van der Waals surface area contributed by atoms with E-state index in [-0.39, 0.29) is 17.5 Å². The van der Waals surface area contributed by atoms with Crippen LogP contribution in [0.25, 0.3) is 0 Å². The Kier molecular flexibility index (Phi) is 6.42. The summed E-state index contributed by atoms with van der Waals surface area (Å²) in [7, 11) is 4.46. The van der Waals surface area contributed by atoms with Crippen molar-refractivity contribution in [2.24, 2.45) is 0 Å². The summed E-state index contributed by atoms with van der Waals surface area (Å²) in [6.07, 6.45) is 0. The number of carbonyl (C=O) groups excluding carboxylic acids is 1. The molecule has 144 valence electrons. The van der Waals surface area contributed by atoms with E-state index in [1.807, 2.05) is 0 Å². The lowest BCUT2D eigenvalue weighted by Gasteiger charge is -2.19. The number of non-ortho nitro benzene ring substituents is 1. The molecule has 0 radical (unpaired) electrons. The Balaban J connectivity index is 2.15. The molecule has 0 fully saturated rings. The summed E-state index contributed by atoms with van der Waals surface area (Å²) in [6.45, 7) is 1.80.